The van der Waals surface area contributed by atoms with E-state index in [9.17, 15) is 0 Å². The van der Waals surface area contributed by atoms with E-state index in [4.69, 9.17) is 0 Å². The van der Waals surface area contributed by atoms with E-state index in [1.807, 2.05) is 0 Å². The first-order chi connectivity index (χ1) is 8.34. The maximum absolute atomic E-state index is 2.82. The average molecular weight is 236 g/mol. The number of hydrogen-bond acceptors (Lipinski definition) is 2. The largest absolute Gasteiger partial charge is 0.303 e. The number of rotatable bonds is 1. The molecule has 3 saturated heterocycles. The molecule has 3 aliphatic rings. The Kier molecular flexibility index (Phi) is 3.72. The minimum atomic E-state index is 0.895. The van der Waals surface area contributed by atoms with E-state index in [0.717, 1.165) is 18.0 Å². The second-order valence-corrected chi connectivity index (χ2v) is 6.53. The number of piperidine rings is 3. The van der Waals surface area contributed by atoms with Crippen molar-refractivity contribution in [2.75, 3.05) is 26.7 Å². The first-order valence-electron chi connectivity index (χ1n) is 7.79. The number of hydrogen-bond donors (Lipinski definition) is 0. The van der Waals surface area contributed by atoms with E-state index < -0.39 is 0 Å². The van der Waals surface area contributed by atoms with Crippen LogP contribution >= 0.6 is 0 Å². The Bertz CT molecular complexity index is 253. The summed E-state index contributed by atoms with van der Waals surface area (Å²) in [5.41, 5.74) is 0. The van der Waals surface area contributed by atoms with E-state index in [1.54, 1.807) is 0 Å². The van der Waals surface area contributed by atoms with Crippen molar-refractivity contribution in [2.45, 2.75) is 63.5 Å². The monoisotopic (exact) mass is 236 g/mol. The van der Waals surface area contributed by atoms with E-state index in [2.05, 4.69) is 16.8 Å². The number of fused-ring (bicyclic) bond motifs is 1. The highest BCUT2D eigenvalue weighted by Crippen LogP contribution is 2.34. The maximum atomic E-state index is 2.82. The Hall–Kier alpha value is -0.0800. The molecule has 0 N–H and O–H groups in total. The smallest absolute Gasteiger partial charge is 0.0133 e. The molecule has 0 aromatic carbocycles. The zero-order valence-electron chi connectivity index (χ0n) is 11.4. The Morgan fingerprint density at radius 3 is 2.53 bits per heavy atom. The van der Waals surface area contributed by atoms with Gasteiger partial charge in [0.1, 0.15) is 0 Å². The lowest BCUT2D eigenvalue weighted by molar-refractivity contribution is 0.0254. The quantitative estimate of drug-likeness (QED) is 0.691. The summed E-state index contributed by atoms with van der Waals surface area (Å²) >= 11 is 0. The van der Waals surface area contributed by atoms with Gasteiger partial charge in [-0.25, -0.2) is 0 Å². The molecule has 3 fully saturated rings. The molecule has 3 atom stereocenters. The van der Waals surface area contributed by atoms with Gasteiger partial charge >= 0.3 is 0 Å². The van der Waals surface area contributed by atoms with Crippen molar-refractivity contribution in [3.05, 3.63) is 0 Å². The van der Waals surface area contributed by atoms with E-state index in [-0.39, 0.29) is 0 Å². The molecule has 0 aromatic rings. The molecule has 0 amide bonds. The average Bonchev–Trinajstić information content (AvgIpc) is 2.39. The normalized spacial score (nSPS) is 41.1. The van der Waals surface area contributed by atoms with Crippen molar-refractivity contribution < 1.29 is 0 Å². The molecule has 3 heterocycles. The first-order valence-corrected chi connectivity index (χ1v) is 7.79. The molecule has 0 aliphatic carbocycles. The highest BCUT2D eigenvalue weighted by molar-refractivity contribution is 4.90. The van der Waals surface area contributed by atoms with E-state index >= 15 is 0 Å². The lowest BCUT2D eigenvalue weighted by atomic mass is 9.81. The summed E-state index contributed by atoms with van der Waals surface area (Å²) in [7, 11) is 2.35. The van der Waals surface area contributed by atoms with Crippen LogP contribution < -0.4 is 0 Å². The van der Waals surface area contributed by atoms with Crippen molar-refractivity contribution >= 4 is 0 Å². The van der Waals surface area contributed by atoms with Gasteiger partial charge in [-0.05, 0) is 64.6 Å². The molecule has 2 heteroatoms. The fourth-order valence-corrected chi connectivity index (χ4v) is 4.44. The summed E-state index contributed by atoms with van der Waals surface area (Å²) in [4.78, 5) is 5.47. The molecule has 3 rings (SSSR count). The van der Waals surface area contributed by atoms with Crippen molar-refractivity contribution in [3.8, 4) is 0 Å². The topological polar surface area (TPSA) is 6.48 Å². The summed E-state index contributed by atoms with van der Waals surface area (Å²) in [5, 5.41) is 0. The fraction of sp³-hybridized carbons (Fsp3) is 1.00. The van der Waals surface area contributed by atoms with E-state index in [1.165, 1.54) is 71.0 Å². The van der Waals surface area contributed by atoms with Crippen molar-refractivity contribution in [2.24, 2.45) is 5.92 Å². The summed E-state index contributed by atoms with van der Waals surface area (Å²) in [6, 6.07) is 1.85. The van der Waals surface area contributed by atoms with Crippen LogP contribution in [0.25, 0.3) is 0 Å². The van der Waals surface area contributed by atoms with Gasteiger partial charge < -0.3 is 9.80 Å². The van der Waals surface area contributed by atoms with Gasteiger partial charge in [0.2, 0.25) is 0 Å². The highest BCUT2D eigenvalue weighted by Gasteiger charge is 2.35. The second kappa shape index (κ2) is 5.27. The third kappa shape index (κ3) is 2.53. The molecule has 0 radical (unpaired) electrons. The molecule has 3 aliphatic heterocycles. The summed E-state index contributed by atoms with van der Waals surface area (Å²) < 4.78 is 0. The third-order valence-corrected chi connectivity index (χ3v) is 5.46. The van der Waals surface area contributed by atoms with Crippen molar-refractivity contribution in [1.82, 2.24) is 9.80 Å². The van der Waals surface area contributed by atoms with Gasteiger partial charge in [0, 0.05) is 18.6 Å². The summed E-state index contributed by atoms with van der Waals surface area (Å²) in [5.74, 6) is 0.967. The Morgan fingerprint density at radius 2 is 1.65 bits per heavy atom. The molecule has 17 heavy (non-hydrogen) atoms. The fourth-order valence-electron chi connectivity index (χ4n) is 4.44. The minimum absolute atomic E-state index is 0.895. The standard InChI is InChI=1S/C15H28N2/c1-16-10-4-3-7-15(16)13-8-9-14-6-2-5-11-17(14)12-13/h13-15H,2-12H2,1H3/t13-,14?,15+/m1/s1. The highest BCUT2D eigenvalue weighted by atomic mass is 15.2. The van der Waals surface area contributed by atoms with Gasteiger partial charge in [0.15, 0.2) is 0 Å². The van der Waals surface area contributed by atoms with Gasteiger partial charge in [-0.15, -0.1) is 0 Å². The Balaban J connectivity index is 1.60. The third-order valence-electron chi connectivity index (χ3n) is 5.46. The van der Waals surface area contributed by atoms with Crippen molar-refractivity contribution in [1.29, 1.82) is 0 Å². The van der Waals surface area contributed by atoms with Gasteiger partial charge in [-0.1, -0.05) is 12.8 Å². The van der Waals surface area contributed by atoms with Crippen LogP contribution in [-0.2, 0) is 0 Å². The van der Waals surface area contributed by atoms with Crippen LogP contribution in [0.4, 0.5) is 0 Å². The predicted molar refractivity (Wildman–Crippen MR) is 72.2 cm³/mol. The lowest BCUT2D eigenvalue weighted by Gasteiger charge is -2.47. The van der Waals surface area contributed by atoms with Crippen LogP contribution in [0.3, 0.4) is 0 Å². The van der Waals surface area contributed by atoms with Gasteiger partial charge in [-0.3, -0.25) is 0 Å². The molecule has 0 saturated carbocycles. The minimum Gasteiger partial charge on any atom is -0.303 e. The molecule has 0 spiro atoms. The Labute approximate surface area is 106 Å². The number of nitrogens with zero attached hydrogens (tertiary/aromatic N) is 2. The molecular weight excluding hydrogens is 208 g/mol. The SMILES string of the molecule is CN1CCCC[C@H]1[C@@H]1CCC2CCCCN2C1. The maximum Gasteiger partial charge on any atom is 0.0133 e. The van der Waals surface area contributed by atoms with Crippen LogP contribution in [0.15, 0.2) is 0 Å². The van der Waals surface area contributed by atoms with E-state index in [0.29, 0.717) is 0 Å². The van der Waals surface area contributed by atoms with Gasteiger partial charge in [0.25, 0.3) is 0 Å². The summed E-state index contributed by atoms with van der Waals surface area (Å²) in [6.45, 7) is 4.13. The van der Waals surface area contributed by atoms with Crippen LogP contribution in [0.5, 0.6) is 0 Å². The lowest BCUT2D eigenvalue weighted by Crippen LogP contribution is -2.52. The van der Waals surface area contributed by atoms with Crippen molar-refractivity contribution in [3.63, 3.8) is 0 Å². The van der Waals surface area contributed by atoms with Gasteiger partial charge in [-0.2, -0.15) is 0 Å². The summed E-state index contributed by atoms with van der Waals surface area (Å²) in [6.07, 6.45) is 11.7. The van der Waals surface area contributed by atoms with Gasteiger partial charge in [0.05, 0.1) is 0 Å². The first kappa shape index (κ1) is 12.0. The second-order valence-electron chi connectivity index (χ2n) is 6.53. The Morgan fingerprint density at radius 1 is 0.824 bits per heavy atom. The molecule has 1 unspecified atom stereocenters. The van der Waals surface area contributed by atoms with Crippen LogP contribution in [-0.4, -0.2) is 48.6 Å². The van der Waals surface area contributed by atoms with Crippen LogP contribution in [0.2, 0.25) is 0 Å². The molecule has 0 aromatic heterocycles. The zero-order chi connectivity index (χ0) is 11.7. The molecule has 0 bridgehead atoms. The molecule has 2 nitrogen and oxygen atoms in total. The number of likely N-dealkylation sites (tertiary alicyclic amines) is 1. The van der Waals surface area contributed by atoms with Crippen LogP contribution in [0.1, 0.15) is 51.4 Å². The van der Waals surface area contributed by atoms with Crippen LogP contribution in [0, 0.1) is 5.92 Å². The predicted octanol–water partition coefficient (Wildman–Crippen LogP) is 2.74. The zero-order valence-corrected chi connectivity index (χ0v) is 11.4. The molecule has 98 valence electrons. The molecular formula is C15H28N2.